The number of aromatic nitrogens is 2. The van der Waals surface area contributed by atoms with Crippen LogP contribution < -0.4 is 21.7 Å². The van der Waals surface area contributed by atoms with Crippen molar-refractivity contribution < 1.29 is 24.3 Å². The second kappa shape index (κ2) is 12.9. The molecule has 33 heavy (non-hydrogen) atoms. The van der Waals surface area contributed by atoms with E-state index in [1.807, 2.05) is 13.8 Å². The Morgan fingerprint density at radius 2 is 1.52 bits per heavy atom. The molecule has 11 heteroatoms. The maximum atomic E-state index is 13.0. The summed E-state index contributed by atoms with van der Waals surface area (Å²) in [7, 11) is 0. The van der Waals surface area contributed by atoms with Crippen LogP contribution in [0.15, 0.2) is 12.5 Å². The Balaban J connectivity index is 2.91. The standard InChI is InChI=1S/C22H38N6O5/c1-11(2)7-16(26-19(29)15(23)8-14-9-24-10-25-14)20(30)27-17(12(3)4)21(31)28-18(13(5)6)22(32)33/h9-13,15-18H,7-8,23H2,1-6H3,(H,24,25)(H,26,29)(H,27,30)(H,28,31)(H,32,33). The SMILES string of the molecule is CC(C)CC(NC(=O)C(N)Cc1cnc[nH]1)C(=O)NC(C(=O)NC(C(=O)O)C(C)C)C(C)C. The second-order valence-electron chi connectivity index (χ2n) is 9.38. The molecule has 1 rings (SSSR count). The van der Waals surface area contributed by atoms with Crippen molar-refractivity contribution in [2.75, 3.05) is 0 Å². The molecule has 0 saturated carbocycles. The van der Waals surface area contributed by atoms with Crippen molar-refractivity contribution in [3.8, 4) is 0 Å². The van der Waals surface area contributed by atoms with E-state index in [-0.39, 0.29) is 24.2 Å². The highest BCUT2D eigenvalue weighted by molar-refractivity contribution is 5.94. The van der Waals surface area contributed by atoms with Gasteiger partial charge in [-0.25, -0.2) is 9.78 Å². The summed E-state index contributed by atoms with van der Waals surface area (Å²) in [5.74, 6) is -3.34. The molecule has 11 nitrogen and oxygen atoms in total. The number of carbonyl (C=O) groups is 4. The first kappa shape index (κ1) is 28.1. The summed E-state index contributed by atoms with van der Waals surface area (Å²) in [6, 6.07) is -3.84. The molecule has 0 aromatic carbocycles. The van der Waals surface area contributed by atoms with Crippen LogP contribution in [0.5, 0.6) is 0 Å². The third-order valence-corrected chi connectivity index (χ3v) is 5.15. The zero-order chi connectivity index (χ0) is 25.3. The Hall–Kier alpha value is -2.95. The molecular formula is C22H38N6O5. The molecule has 7 N–H and O–H groups in total. The molecule has 0 radical (unpaired) electrons. The summed E-state index contributed by atoms with van der Waals surface area (Å²) < 4.78 is 0. The van der Waals surface area contributed by atoms with Gasteiger partial charge < -0.3 is 31.8 Å². The molecule has 0 aliphatic carbocycles. The van der Waals surface area contributed by atoms with Crippen molar-refractivity contribution in [2.24, 2.45) is 23.5 Å². The topological polar surface area (TPSA) is 179 Å². The number of aromatic amines is 1. The van der Waals surface area contributed by atoms with Crippen molar-refractivity contribution in [2.45, 2.75) is 78.6 Å². The van der Waals surface area contributed by atoms with E-state index in [0.29, 0.717) is 12.1 Å². The number of hydrogen-bond donors (Lipinski definition) is 6. The number of imidazole rings is 1. The van der Waals surface area contributed by atoms with Gasteiger partial charge in [0.05, 0.1) is 12.4 Å². The van der Waals surface area contributed by atoms with Gasteiger partial charge in [0.15, 0.2) is 0 Å². The van der Waals surface area contributed by atoms with Crippen LogP contribution in [0.2, 0.25) is 0 Å². The third kappa shape index (κ3) is 9.21. The second-order valence-corrected chi connectivity index (χ2v) is 9.38. The maximum absolute atomic E-state index is 13.0. The highest BCUT2D eigenvalue weighted by Gasteiger charge is 2.33. The lowest BCUT2D eigenvalue weighted by Gasteiger charge is -2.28. The minimum Gasteiger partial charge on any atom is -0.480 e. The number of nitrogens with zero attached hydrogens (tertiary/aromatic N) is 1. The number of aliphatic carboxylic acids is 1. The van der Waals surface area contributed by atoms with E-state index >= 15 is 0 Å². The first-order chi connectivity index (χ1) is 15.3. The van der Waals surface area contributed by atoms with Crippen molar-refractivity contribution in [1.82, 2.24) is 25.9 Å². The number of carbonyl (C=O) groups excluding carboxylic acids is 3. The number of hydrogen-bond acceptors (Lipinski definition) is 6. The lowest BCUT2D eigenvalue weighted by atomic mass is 9.98. The molecule has 1 aromatic heterocycles. The predicted molar refractivity (Wildman–Crippen MR) is 123 cm³/mol. The van der Waals surface area contributed by atoms with Gasteiger partial charge in [0.2, 0.25) is 17.7 Å². The molecule has 3 amide bonds. The van der Waals surface area contributed by atoms with Gasteiger partial charge in [0, 0.05) is 18.3 Å². The van der Waals surface area contributed by atoms with Crippen LogP contribution in [0.25, 0.3) is 0 Å². The van der Waals surface area contributed by atoms with Gasteiger partial charge in [-0.3, -0.25) is 14.4 Å². The van der Waals surface area contributed by atoms with Crippen LogP contribution in [0.4, 0.5) is 0 Å². The fourth-order valence-corrected chi connectivity index (χ4v) is 3.25. The number of carboxylic acid groups (broad SMARTS) is 1. The van der Waals surface area contributed by atoms with E-state index in [1.54, 1.807) is 33.9 Å². The number of nitrogens with two attached hydrogens (primary N) is 1. The maximum Gasteiger partial charge on any atom is 0.326 e. The van der Waals surface area contributed by atoms with Gasteiger partial charge >= 0.3 is 5.97 Å². The fourth-order valence-electron chi connectivity index (χ4n) is 3.25. The number of carboxylic acids is 1. The van der Waals surface area contributed by atoms with Crippen molar-refractivity contribution in [3.05, 3.63) is 18.2 Å². The van der Waals surface area contributed by atoms with Gasteiger partial charge in [-0.1, -0.05) is 41.5 Å². The number of H-pyrrole nitrogens is 1. The average molecular weight is 467 g/mol. The molecule has 0 spiro atoms. The Bertz CT molecular complexity index is 793. The summed E-state index contributed by atoms with van der Waals surface area (Å²) in [5, 5.41) is 17.2. The molecule has 0 saturated heterocycles. The molecule has 0 aliphatic rings. The molecule has 0 bridgehead atoms. The minimum atomic E-state index is -1.15. The first-order valence-corrected chi connectivity index (χ1v) is 11.2. The summed E-state index contributed by atoms with van der Waals surface area (Å²) in [4.78, 5) is 56.7. The van der Waals surface area contributed by atoms with Crippen molar-refractivity contribution in [1.29, 1.82) is 0 Å². The summed E-state index contributed by atoms with van der Waals surface area (Å²) in [6.45, 7) is 10.7. The van der Waals surface area contributed by atoms with Crippen LogP contribution in [-0.2, 0) is 25.6 Å². The zero-order valence-corrected chi connectivity index (χ0v) is 20.2. The molecule has 186 valence electrons. The van der Waals surface area contributed by atoms with Gasteiger partial charge in [-0.05, 0) is 24.2 Å². The number of amides is 3. The van der Waals surface area contributed by atoms with Crippen molar-refractivity contribution in [3.63, 3.8) is 0 Å². The molecule has 0 fully saturated rings. The third-order valence-electron chi connectivity index (χ3n) is 5.15. The quantitative estimate of drug-likeness (QED) is 0.240. The Labute approximate surface area is 194 Å². The van der Waals surface area contributed by atoms with E-state index in [9.17, 15) is 24.3 Å². The van der Waals surface area contributed by atoms with Crippen molar-refractivity contribution >= 4 is 23.7 Å². The van der Waals surface area contributed by atoms with E-state index in [1.165, 1.54) is 6.33 Å². The summed E-state index contributed by atoms with van der Waals surface area (Å²) in [5.41, 5.74) is 6.68. The minimum absolute atomic E-state index is 0.0774. The fraction of sp³-hybridized carbons (Fsp3) is 0.682. The average Bonchev–Trinajstić information content (AvgIpc) is 3.21. The van der Waals surface area contributed by atoms with Crippen LogP contribution >= 0.6 is 0 Å². The van der Waals surface area contributed by atoms with Gasteiger partial charge in [0.1, 0.15) is 18.1 Å². The monoisotopic (exact) mass is 466 g/mol. The number of rotatable bonds is 13. The lowest BCUT2D eigenvalue weighted by molar-refractivity contribution is -0.144. The predicted octanol–water partition coefficient (Wildman–Crippen LogP) is 0.177. The largest absolute Gasteiger partial charge is 0.480 e. The normalized spacial score (nSPS) is 15.1. The Morgan fingerprint density at radius 3 is 1.97 bits per heavy atom. The number of nitrogens with one attached hydrogen (secondary N) is 4. The zero-order valence-electron chi connectivity index (χ0n) is 20.2. The van der Waals surface area contributed by atoms with E-state index in [0.717, 1.165) is 0 Å². The smallest absolute Gasteiger partial charge is 0.326 e. The molecule has 4 atom stereocenters. The Kier molecular flexibility index (Phi) is 11.0. The molecule has 1 heterocycles. The summed E-state index contributed by atoms with van der Waals surface area (Å²) >= 11 is 0. The Morgan fingerprint density at radius 1 is 0.939 bits per heavy atom. The summed E-state index contributed by atoms with van der Waals surface area (Å²) in [6.07, 6.45) is 3.62. The van der Waals surface area contributed by atoms with E-state index in [2.05, 4.69) is 25.9 Å². The lowest BCUT2D eigenvalue weighted by Crippen LogP contribution is -2.59. The van der Waals surface area contributed by atoms with E-state index in [4.69, 9.17) is 5.73 Å². The molecule has 0 aliphatic heterocycles. The van der Waals surface area contributed by atoms with Gasteiger partial charge in [0.25, 0.3) is 0 Å². The molecular weight excluding hydrogens is 428 g/mol. The van der Waals surface area contributed by atoms with Crippen LogP contribution in [0, 0.1) is 17.8 Å². The molecule has 4 unspecified atom stereocenters. The van der Waals surface area contributed by atoms with Crippen LogP contribution in [0.3, 0.4) is 0 Å². The first-order valence-electron chi connectivity index (χ1n) is 11.2. The van der Waals surface area contributed by atoms with Crippen LogP contribution in [-0.4, -0.2) is 62.9 Å². The van der Waals surface area contributed by atoms with Gasteiger partial charge in [-0.2, -0.15) is 0 Å². The van der Waals surface area contributed by atoms with Gasteiger partial charge in [-0.15, -0.1) is 0 Å². The molecule has 1 aromatic rings. The highest BCUT2D eigenvalue weighted by atomic mass is 16.4. The van der Waals surface area contributed by atoms with E-state index < -0.39 is 47.9 Å². The highest BCUT2D eigenvalue weighted by Crippen LogP contribution is 2.10. The van der Waals surface area contributed by atoms with Crippen LogP contribution in [0.1, 0.15) is 53.7 Å².